The highest BCUT2D eigenvalue weighted by molar-refractivity contribution is 9.10. The third-order valence-corrected chi connectivity index (χ3v) is 4.79. The summed E-state index contributed by atoms with van der Waals surface area (Å²) in [6, 6.07) is 2.19. The molecule has 1 saturated heterocycles. The molecule has 1 fully saturated rings. The van der Waals surface area contributed by atoms with Crippen molar-refractivity contribution >= 4 is 28.0 Å². The number of benzene rings is 1. The van der Waals surface area contributed by atoms with Crippen LogP contribution in [0.5, 0.6) is 5.75 Å². The summed E-state index contributed by atoms with van der Waals surface area (Å²) in [7, 11) is 0. The molecule has 2 atom stereocenters. The van der Waals surface area contributed by atoms with Gasteiger partial charge in [0.1, 0.15) is 5.75 Å². The second kappa shape index (κ2) is 13.3. The number of carbonyl (C=O) groups is 1. The number of esters is 1. The van der Waals surface area contributed by atoms with Gasteiger partial charge in [0.2, 0.25) is 12.9 Å². The summed E-state index contributed by atoms with van der Waals surface area (Å²) in [6.07, 6.45) is -5.00. The highest BCUT2D eigenvalue weighted by Gasteiger charge is 2.50. The van der Waals surface area contributed by atoms with Gasteiger partial charge in [-0.05, 0) is 37.6 Å². The van der Waals surface area contributed by atoms with Crippen LogP contribution in [0.2, 0.25) is 0 Å². The third kappa shape index (κ3) is 8.73. The number of fused-ring (bicyclic) bond motifs is 1. The van der Waals surface area contributed by atoms with Gasteiger partial charge in [-0.15, -0.1) is 0 Å². The number of alkyl halides is 3. The molecule has 34 heavy (non-hydrogen) atoms. The summed E-state index contributed by atoms with van der Waals surface area (Å²) in [5.74, 6) is 1.37. The van der Waals surface area contributed by atoms with Gasteiger partial charge in [0, 0.05) is 16.6 Å². The van der Waals surface area contributed by atoms with E-state index in [0.717, 1.165) is 38.1 Å². The fraction of sp³-hybridized carbons (Fsp3) is 0.500. The van der Waals surface area contributed by atoms with Crippen LogP contribution >= 0.6 is 15.9 Å². The zero-order valence-electron chi connectivity index (χ0n) is 17.6. The number of rotatable bonds is 4. The molecule has 0 amide bonds. The SMILES string of the molecule is NOCOC(=O)C1=Cc2cc(Br)cc(C(O)(O)O)c2OC1C(F)(F)F.OC1CCCNC1.[NH3+]O. The van der Waals surface area contributed by atoms with Crippen LogP contribution < -0.4 is 21.8 Å². The van der Waals surface area contributed by atoms with Crippen LogP contribution in [-0.2, 0) is 20.3 Å². The van der Waals surface area contributed by atoms with Crippen LogP contribution in [0, 0.1) is 0 Å². The summed E-state index contributed by atoms with van der Waals surface area (Å²) >= 11 is 2.99. The van der Waals surface area contributed by atoms with E-state index in [1.165, 1.54) is 6.07 Å². The van der Waals surface area contributed by atoms with Gasteiger partial charge in [-0.1, -0.05) is 15.9 Å². The molecule has 12 nitrogen and oxygen atoms in total. The molecule has 11 N–H and O–H groups in total. The van der Waals surface area contributed by atoms with Gasteiger partial charge in [-0.25, -0.2) is 21.8 Å². The number of hydrogen-bond donors (Lipinski definition) is 8. The molecule has 2 heterocycles. The molecule has 2 unspecified atom stereocenters. The minimum absolute atomic E-state index is 0.0752. The van der Waals surface area contributed by atoms with Crippen molar-refractivity contribution in [3.8, 4) is 5.75 Å². The van der Waals surface area contributed by atoms with Crippen molar-refractivity contribution < 1.29 is 63.8 Å². The molecule has 2 aliphatic heterocycles. The fourth-order valence-corrected chi connectivity index (χ4v) is 3.42. The Morgan fingerprint density at radius 3 is 2.38 bits per heavy atom. The standard InChI is InChI=1S/C13H11BrF3NO7.C5H11NO.H4NO/c14-6-1-5-2-7(11(19)23-4-24-18)10(12(15,16)17)25-9(5)8(3-6)13(20,21)22;7-5-2-1-3-6-4-5;1-2/h1-3,10,20-22H,4,18H2;5-7H,1-4H2;2H,1H3/q;;+1. The number of nitrogens with one attached hydrogen (secondary N) is 1. The van der Waals surface area contributed by atoms with Crippen molar-refractivity contribution in [2.24, 2.45) is 5.90 Å². The number of ether oxygens (including phenoxy) is 2. The number of aliphatic hydroxyl groups excluding tert-OH is 1. The zero-order valence-corrected chi connectivity index (χ0v) is 19.2. The molecule has 3 rings (SSSR count). The van der Waals surface area contributed by atoms with E-state index in [2.05, 4.69) is 42.6 Å². The lowest BCUT2D eigenvalue weighted by Gasteiger charge is -2.30. The van der Waals surface area contributed by atoms with E-state index in [0.29, 0.717) is 0 Å². The number of nitrogens with two attached hydrogens (primary N) is 1. The average Bonchev–Trinajstić information content (AvgIpc) is 2.77. The molecule has 0 aromatic heterocycles. The molecule has 0 saturated carbocycles. The van der Waals surface area contributed by atoms with E-state index in [4.69, 9.17) is 15.1 Å². The van der Waals surface area contributed by atoms with E-state index in [1.54, 1.807) is 0 Å². The smallest absolute Gasteiger partial charge is 0.430 e. The maximum absolute atomic E-state index is 13.2. The third-order valence-electron chi connectivity index (χ3n) is 4.33. The van der Waals surface area contributed by atoms with Crippen molar-refractivity contribution in [3.05, 3.63) is 33.3 Å². The number of aliphatic hydroxyl groups is 4. The largest absolute Gasteiger partial charge is 0.475 e. The number of carbonyl (C=O) groups excluding carboxylic acids is 1. The second-order valence-corrected chi connectivity index (χ2v) is 7.78. The van der Waals surface area contributed by atoms with Crippen molar-refractivity contribution in [1.29, 1.82) is 0 Å². The Bertz CT molecular complexity index is 844. The highest BCUT2D eigenvalue weighted by atomic mass is 79.9. The number of hydrogen-bond acceptors (Lipinski definition) is 11. The van der Waals surface area contributed by atoms with Crippen molar-refractivity contribution in [2.45, 2.75) is 37.2 Å². The van der Waals surface area contributed by atoms with E-state index in [1.807, 2.05) is 0 Å². The molecule has 2 aliphatic rings. The molecular formula is C18H26BrF3N3O9+. The van der Waals surface area contributed by atoms with Crippen LogP contribution in [0.4, 0.5) is 13.2 Å². The first-order valence-electron chi connectivity index (χ1n) is 9.50. The minimum Gasteiger partial charge on any atom is -0.475 e. The molecule has 16 heteroatoms. The van der Waals surface area contributed by atoms with Gasteiger partial charge in [-0.2, -0.15) is 13.2 Å². The van der Waals surface area contributed by atoms with Crippen molar-refractivity contribution in [2.75, 3.05) is 19.9 Å². The number of halogens is 4. The predicted octanol–water partition coefficient (Wildman–Crippen LogP) is -1.02. The molecule has 194 valence electrons. The monoisotopic (exact) mass is 564 g/mol. The number of β-amino-alcohol motifs (C(OH)–C–C–N with tert-alkyl or cyclic N) is 1. The van der Waals surface area contributed by atoms with Gasteiger partial charge in [0.05, 0.1) is 17.2 Å². The van der Waals surface area contributed by atoms with E-state index in [9.17, 15) is 33.3 Å². The Kier molecular flexibility index (Phi) is 11.8. The van der Waals surface area contributed by atoms with E-state index in [-0.39, 0.29) is 16.1 Å². The Balaban J connectivity index is 0.000000540. The van der Waals surface area contributed by atoms with Crippen LogP contribution in [0.1, 0.15) is 24.0 Å². The Morgan fingerprint density at radius 1 is 1.29 bits per heavy atom. The first-order chi connectivity index (χ1) is 15.8. The van der Waals surface area contributed by atoms with Crippen molar-refractivity contribution in [3.63, 3.8) is 0 Å². The summed E-state index contributed by atoms with van der Waals surface area (Å²) in [5.41, 5.74) is -1.80. The molecule has 1 aromatic rings. The summed E-state index contributed by atoms with van der Waals surface area (Å²) in [5, 5.41) is 46.7. The Hall–Kier alpha value is -1.86. The average molecular weight is 565 g/mol. The summed E-state index contributed by atoms with van der Waals surface area (Å²) < 4.78 is 49.1. The lowest BCUT2D eigenvalue weighted by molar-refractivity contribution is -0.670. The van der Waals surface area contributed by atoms with Gasteiger partial charge >= 0.3 is 18.1 Å². The zero-order chi connectivity index (χ0) is 26.1. The van der Waals surface area contributed by atoms with Gasteiger partial charge in [0.25, 0.3) is 0 Å². The second-order valence-electron chi connectivity index (χ2n) is 6.86. The molecule has 0 radical (unpaired) electrons. The Labute approximate surface area is 199 Å². The fourth-order valence-electron chi connectivity index (χ4n) is 2.94. The van der Waals surface area contributed by atoms with E-state index < -0.39 is 47.9 Å². The molecule has 0 spiro atoms. The predicted molar refractivity (Wildman–Crippen MR) is 110 cm³/mol. The summed E-state index contributed by atoms with van der Waals surface area (Å²) in [6.45, 7) is 1.08. The van der Waals surface area contributed by atoms with Gasteiger partial charge < -0.3 is 35.2 Å². The normalized spacial score (nSPS) is 19.8. The quantitative estimate of drug-likeness (QED) is 0.126. The molecule has 1 aromatic carbocycles. The number of piperidine rings is 1. The lowest BCUT2D eigenvalue weighted by Crippen LogP contribution is -2.42. The number of quaternary nitrogens is 1. The van der Waals surface area contributed by atoms with Gasteiger partial charge in [-0.3, -0.25) is 4.84 Å². The van der Waals surface area contributed by atoms with Crippen LogP contribution in [0.15, 0.2) is 22.2 Å². The molecular weight excluding hydrogens is 539 g/mol. The molecule has 0 aliphatic carbocycles. The van der Waals surface area contributed by atoms with E-state index >= 15 is 0 Å². The minimum atomic E-state index is -5.04. The topological polar surface area (TPSA) is 212 Å². The molecule has 0 bridgehead atoms. The van der Waals surface area contributed by atoms with Crippen LogP contribution in [0.25, 0.3) is 6.08 Å². The van der Waals surface area contributed by atoms with Crippen molar-refractivity contribution in [1.82, 2.24) is 5.32 Å². The maximum Gasteiger partial charge on any atom is 0.430 e. The van der Waals surface area contributed by atoms with Crippen LogP contribution in [0.3, 0.4) is 0 Å². The first kappa shape index (κ1) is 30.2. The highest BCUT2D eigenvalue weighted by Crippen LogP contribution is 2.42. The van der Waals surface area contributed by atoms with Gasteiger partial charge in [0.15, 0.2) is 0 Å². The first-order valence-corrected chi connectivity index (χ1v) is 10.3. The van der Waals surface area contributed by atoms with Crippen LogP contribution in [-0.4, -0.2) is 69.9 Å². The Morgan fingerprint density at radius 2 is 1.94 bits per heavy atom. The maximum atomic E-state index is 13.2. The lowest BCUT2D eigenvalue weighted by atomic mass is 9.98. The summed E-state index contributed by atoms with van der Waals surface area (Å²) in [4.78, 5) is 15.8.